The summed E-state index contributed by atoms with van der Waals surface area (Å²) in [6, 6.07) is 0. The fraction of sp³-hybridized carbons (Fsp3) is 0.755. The molecule has 0 fully saturated rings. The molecule has 1 atom stereocenters. The Labute approximate surface area is 334 Å². The van der Waals surface area contributed by atoms with Crippen LogP contribution in [0.15, 0.2) is 60.8 Å². The number of unbranched alkanes of at least 4 members (excludes halogenated alkanes) is 20. The van der Waals surface area contributed by atoms with Gasteiger partial charge < -0.3 is 14.2 Å². The second kappa shape index (κ2) is 45.0. The van der Waals surface area contributed by atoms with Crippen LogP contribution >= 0.6 is 0 Å². The Bertz CT molecular complexity index is 946. The van der Waals surface area contributed by atoms with Gasteiger partial charge in [-0.3, -0.25) is 9.59 Å². The lowest BCUT2D eigenvalue weighted by Crippen LogP contribution is -2.30. The van der Waals surface area contributed by atoms with Gasteiger partial charge in [0.05, 0.1) is 6.61 Å². The third kappa shape index (κ3) is 42.3. The lowest BCUT2D eigenvalue weighted by Gasteiger charge is -2.18. The van der Waals surface area contributed by atoms with Crippen LogP contribution in [0.25, 0.3) is 0 Å². The largest absolute Gasteiger partial charge is 0.462 e. The van der Waals surface area contributed by atoms with Crippen molar-refractivity contribution < 1.29 is 23.8 Å². The van der Waals surface area contributed by atoms with Gasteiger partial charge in [-0.2, -0.15) is 0 Å². The summed E-state index contributed by atoms with van der Waals surface area (Å²) in [6.45, 7) is 7.63. The summed E-state index contributed by atoms with van der Waals surface area (Å²) in [7, 11) is 0. The van der Waals surface area contributed by atoms with Crippen molar-refractivity contribution in [1.29, 1.82) is 0 Å². The van der Waals surface area contributed by atoms with Crippen molar-refractivity contribution >= 4 is 11.9 Å². The highest BCUT2D eigenvalue weighted by molar-refractivity contribution is 5.70. The molecule has 0 aliphatic heterocycles. The van der Waals surface area contributed by atoms with Crippen LogP contribution < -0.4 is 0 Å². The highest BCUT2D eigenvalue weighted by Gasteiger charge is 2.17. The van der Waals surface area contributed by atoms with E-state index in [1.165, 1.54) is 103 Å². The quantitative estimate of drug-likeness (QED) is 0.0353. The molecule has 0 radical (unpaired) electrons. The van der Waals surface area contributed by atoms with E-state index >= 15 is 0 Å². The van der Waals surface area contributed by atoms with E-state index in [0.717, 1.165) is 77.0 Å². The van der Waals surface area contributed by atoms with Gasteiger partial charge in [0.2, 0.25) is 0 Å². The van der Waals surface area contributed by atoms with Crippen molar-refractivity contribution in [1.82, 2.24) is 0 Å². The molecule has 5 heteroatoms. The molecule has 0 aliphatic carbocycles. The maximum absolute atomic E-state index is 12.5. The number of carbonyl (C=O) groups is 2. The summed E-state index contributed by atoms with van der Waals surface area (Å²) in [5.74, 6) is -0.433. The molecule has 0 heterocycles. The number of ether oxygens (including phenoxy) is 3. The summed E-state index contributed by atoms with van der Waals surface area (Å²) in [5.41, 5.74) is 0. The lowest BCUT2D eigenvalue weighted by molar-refractivity contribution is -0.163. The van der Waals surface area contributed by atoms with E-state index in [1.807, 2.05) is 0 Å². The highest BCUT2D eigenvalue weighted by Crippen LogP contribution is 2.12. The lowest BCUT2D eigenvalue weighted by atomic mass is 10.1. The number of hydrogen-bond acceptors (Lipinski definition) is 5. The van der Waals surface area contributed by atoms with E-state index in [9.17, 15) is 9.59 Å². The van der Waals surface area contributed by atoms with Crippen LogP contribution in [0.1, 0.15) is 213 Å². The highest BCUT2D eigenvalue weighted by atomic mass is 16.6. The van der Waals surface area contributed by atoms with Gasteiger partial charge in [0, 0.05) is 19.4 Å². The first-order chi connectivity index (χ1) is 26.6. The number of allylic oxidation sites excluding steroid dienone is 10. The molecule has 0 aliphatic rings. The number of hydrogen-bond donors (Lipinski definition) is 0. The molecule has 54 heavy (non-hydrogen) atoms. The fourth-order valence-electron chi connectivity index (χ4n) is 6.08. The van der Waals surface area contributed by atoms with Crippen molar-refractivity contribution in [2.24, 2.45) is 0 Å². The number of rotatable bonds is 41. The minimum atomic E-state index is -0.542. The zero-order valence-electron chi connectivity index (χ0n) is 35.7. The summed E-state index contributed by atoms with van der Waals surface area (Å²) in [5, 5.41) is 0. The standard InChI is InChI=1S/C49H86O5/c1-4-7-10-13-15-17-19-21-22-23-24-25-26-27-29-31-33-35-38-41-44-52-45-47(54-49(51)43-40-36-12-9-6-3)46-53-48(50)42-39-37-34-32-30-28-20-18-16-14-11-8-5-2/h11,14-15,17-18,20-22,24-25,47H,4-10,12-13,16,19,23,26-46H2,1-3H3/b14-11-,17-15-,20-18-,22-21-,25-24-. The van der Waals surface area contributed by atoms with Gasteiger partial charge in [0.1, 0.15) is 6.61 Å². The Hall–Kier alpha value is -2.40. The Morgan fingerprint density at radius 3 is 1.35 bits per heavy atom. The molecule has 0 bridgehead atoms. The SMILES string of the molecule is CCC/C=C\C/C=C\CCCCCCCC(=O)OCC(COCCCCCCCCC/C=C\C/C=C\C/C=C\CCCCC)OC(=O)CCCCCCC. The monoisotopic (exact) mass is 755 g/mol. The van der Waals surface area contributed by atoms with E-state index < -0.39 is 6.10 Å². The van der Waals surface area contributed by atoms with E-state index in [1.54, 1.807) is 0 Å². The first kappa shape index (κ1) is 51.6. The smallest absolute Gasteiger partial charge is 0.306 e. The van der Waals surface area contributed by atoms with Gasteiger partial charge in [-0.1, -0.05) is 178 Å². The average Bonchev–Trinajstić information content (AvgIpc) is 3.17. The van der Waals surface area contributed by atoms with Crippen LogP contribution in [-0.4, -0.2) is 37.9 Å². The van der Waals surface area contributed by atoms with Gasteiger partial charge in [0.15, 0.2) is 6.10 Å². The summed E-state index contributed by atoms with van der Waals surface area (Å²) >= 11 is 0. The van der Waals surface area contributed by atoms with E-state index in [-0.39, 0.29) is 25.2 Å². The summed E-state index contributed by atoms with van der Waals surface area (Å²) in [6.07, 6.45) is 55.3. The Morgan fingerprint density at radius 2 is 0.815 bits per heavy atom. The van der Waals surface area contributed by atoms with Gasteiger partial charge >= 0.3 is 11.9 Å². The van der Waals surface area contributed by atoms with Crippen molar-refractivity contribution in [2.45, 2.75) is 219 Å². The topological polar surface area (TPSA) is 61.8 Å². The maximum atomic E-state index is 12.5. The molecule has 5 nitrogen and oxygen atoms in total. The predicted molar refractivity (Wildman–Crippen MR) is 233 cm³/mol. The zero-order valence-corrected chi connectivity index (χ0v) is 35.7. The van der Waals surface area contributed by atoms with Crippen molar-refractivity contribution in [2.75, 3.05) is 19.8 Å². The molecule has 0 N–H and O–H groups in total. The van der Waals surface area contributed by atoms with Crippen LogP contribution in [0.5, 0.6) is 0 Å². The number of carbonyl (C=O) groups excluding carboxylic acids is 2. The predicted octanol–water partition coefficient (Wildman–Crippen LogP) is 15.0. The average molecular weight is 755 g/mol. The summed E-state index contributed by atoms with van der Waals surface area (Å²) < 4.78 is 17.2. The van der Waals surface area contributed by atoms with Crippen LogP contribution in [0.4, 0.5) is 0 Å². The molecule has 0 aromatic rings. The molecule has 312 valence electrons. The molecule has 0 aromatic heterocycles. The Morgan fingerprint density at radius 1 is 0.407 bits per heavy atom. The second-order valence-corrected chi connectivity index (χ2v) is 15.0. The normalized spacial score (nSPS) is 12.7. The van der Waals surface area contributed by atoms with E-state index in [4.69, 9.17) is 14.2 Å². The minimum Gasteiger partial charge on any atom is -0.462 e. The van der Waals surface area contributed by atoms with E-state index in [2.05, 4.69) is 81.5 Å². The first-order valence-electron chi connectivity index (χ1n) is 22.8. The van der Waals surface area contributed by atoms with Gasteiger partial charge in [-0.15, -0.1) is 0 Å². The Balaban J connectivity index is 4.08. The van der Waals surface area contributed by atoms with Crippen molar-refractivity contribution in [3.63, 3.8) is 0 Å². The van der Waals surface area contributed by atoms with Gasteiger partial charge in [-0.05, 0) is 83.5 Å². The molecule has 1 unspecified atom stereocenters. The summed E-state index contributed by atoms with van der Waals surface area (Å²) in [4.78, 5) is 25.0. The molecule has 0 spiro atoms. The minimum absolute atomic E-state index is 0.0725. The van der Waals surface area contributed by atoms with Crippen LogP contribution in [0.3, 0.4) is 0 Å². The van der Waals surface area contributed by atoms with Gasteiger partial charge in [-0.25, -0.2) is 0 Å². The molecule has 0 amide bonds. The molecule has 0 saturated heterocycles. The zero-order chi connectivity index (χ0) is 39.3. The fourth-order valence-corrected chi connectivity index (χ4v) is 6.08. The molecule has 0 saturated carbocycles. The third-order valence-corrected chi connectivity index (χ3v) is 9.51. The second-order valence-electron chi connectivity index (χ2n) is 15.0. The maximum Gasteiger partial charge on any atom is 0.306 e. The molecular weight excluding hydrogens is 669 g/mol. The van der Waals surface area contributed by atoms with Gasteiger partial charge in [0.25, 0.3) is 0 Å². The third-order valence-electron chi connectivity index (χ3n) is 9.51. The first-order valence-corrected chi connectivity index (χ1v) is 22.8. The van der Waals surface area contributed by atoms with Crippen LogP contribution in [-0.2, 0) is 23.8 Å². The van der Waals surface area contributed by atoms with Crippen LogP contribution in [0.2, 0.25) is 0 Å². The van der Waals surface area contributed by atoms with Crippen LogP contribution in [0, 0.1) is 0 Å². The molecule has 0 rings (SSSR count). The van der Waals surface area contributed by atoms with E-state index in [0.29, 0.717) is 19.4 Å². The van der Waals surface area contributed by atoms with Crippen molar-refractivity contribution in [3.8, 4) is 0 Å². The number of esters is 2. The molecule has 0 aromatic carbocycles. The molecular formula is C49H86O5. The van der Waals surface area contributed by atoms with Crippen molar-refractivity contribution in [3.05, 3.63) is 60.8 Å². The Kier molecular flexibility index (Phi) is 43.0.